The summed E-state index contributed by atoms with van der Waals surface area (Å²) in [4.78, 5) is 11.0. The summed E-state index contributed by atoms with van der Waals surface area (Å²) in [6, 6.07) is 13.7. The third-order valence-electron chi connectivity index (χ3n) is 4.38. The monoisotopic (exact) mass is 369 g/mol. The lowest BCUT2D eigenvalue weighted by Gasteiger charge is -2.25. The number of hydrogen-bond acceptors (Lipinski definition) is 3. The maximum absolute atomic E-state index is 5.97. The third-order valence-corrected chi connectivity index (χ3v) is 5.01. The van der Waals surface area contributed by atoms with E-state index in [4.69, 9.17) is 23.8 Å². The molecule has 1 fully saturated rings. The second kappa shape index (κ2) is 6.46. The molecule has 2 atom stereocenters. The number of likely N-dealkylation sites (N-methyl/N-ethyl adjacent to an activating group) is 1. The molecule has 3 aromatic heterocycles. The second-order valence-corrected chi connectivity index (χ2v) is 6.70. The smallest absolute Gasteiger partial charge is 0.169 e. The molecule has 1 aliphatic heterocycles. The normalized spacial score (nSPS) is 19.9. The first-order valence-corrected chi connectivity index (χ1v) is 8.67. The zero-order valence-electron chi connectivity index (χ0n) is 13.5. The minimum atomic E-state index is -0.0281. The van der Waals surface area contributed by atoms with Crippen LogP contribution in [0.1, 0.15) is 23.5 Å². The molecule has 7 heteroatoms. The minimum Gasteiger partial charge on any atom is -0.352 e. The summed E-state index contributed by atoms with van der Waals surface area (Å²) in [6.07, 6.45) is 5.45. The maximum atomic E-state index is 5.97. The molecule has 1 saturated heterocycles. The van der Waals surface area contributed by atoms with Crippen molar-refractivity contribution in [3.63, 3.8) is 0 Å². The summed E-state index contributed by atoms with van der Waals surface area (Å²) < 4.78 is 2.06. The molecule has 1 N–H and O–H groups in total. The summed E-state index contributed by atoms with van der Waals surface area (Å²) in [5.41, 5.74) is 2.04. The van der Waals surface area contributed by atoms with Gasteiger partial charge in [-0.25, -0.2) is 4.98 Å². The van der Waals surface area contributed by atoms with Crippen molar-refractivity contribution in [2.24, 2.45) is 0 Å². The number of halogens is 1. The lowest BCUT2D eigenvalue weighted by Crippen LogP contribution is -2.26. The first-order valence-electron chi connectivity index (χ1n) is 7.88. The number of nitrogens with zero attached hydrogens (tertiary/aromatic N) is 4. The molecule has 5 nitrogen and oxygen atoms in total. The van der Waals surface area contributed by atoms with Gasteiger partial charge < -0.3 is 14.8 Å². The van der Waals surface area contributed by atoms with Crippen molar-refractivity contribution in [2.75, 3.05) is 7.05 Å². The van der Waals surface area contributed by atoms with E-state index in [1.54, 1.807) is 12.4 Å². The van der Waals surface area contributed by atoms with Gasteiger partial charge in [0.05, 0.1) is 22.8 Å². The average Bonchev–Trinajstić information content (AvgIpc) is 3.22. The van der Waals surface area contributed by atoms with Crippen molar-refractivity contribution in [2.45, 2.75) is 12.1 Å². The Kier molecular flexibility index (Phi) is 4.15. The van der Waals surface area contributed by atoms with Gasteiger partial charge in [-0.3, -0.25) is 4.98 Å². The highest BCUT2D eigenvalue weighted by atomic mass is 35.5. The predicted molar refractivity (Wildman–Crippen MR) is 102 cm³/mol. The van der Waals surface area contributed by atoms with Crippen LogP contribution in [0.15, 0.2) is 61.1 Å². The van der Waals surface area contributed by atoms with Crippen molar-refractivity contribution < 1.29 is 0 Å². The van der Waals surface area contributed by atoms with Gasteiger partial charge in [-0.1, -0.05) is 17.7 Å². The zero-order valence-corrected chi connectivity index (χ0v) is 15.1. The SMILES string of the molecule is CN1C(=S)N[C@@H](c2ccccn2)[C@H]1c1cccn1-c1ccc(Cl)cn1. The molecule has 4 rings (SSSR count). The molecule has 0 aliphatic carbocycles. The van der Waals surface area contributed by atoms with Crippen LogP contribution in [0.4, 0.5) is 0 Å². The molecule has 0 aromatic carbocycles. The number of nitrogens with one attached hydrogen (secondary N) is 1. The second-order valence-electron chi connectivity index (χ2n) is 5.88. The van der Waals surface area contributed by atoms with Crippen LogP contribution in [0, 0.1) is 0 Å². The van der Waals surface area contributed by atoms with Gasteiger partial charge in [0.15, 0.2) is 5.11 Å². The van der Waals surface area contributed by atoms with Gasteiger partial charge in [-0.2, -0.15) is 0 Å². The summed E-state index contributed by atoms with van der Waals surface area (Å²) >= 11 is 11.5. The van der Waals surface area contributed by atoms with E-state index in [2.05, 4.69) is 30.8 Å². The Morgan fingerprint density at radius 1 is 1.12 bits per heavy atom. The van der Waals surface area contributed by atoms with Gasteiger partial charge in [0.1, 0.15) is 5.82 Å². The van der Waals surface area contributed by atoms with E-state index in [0.717, 1.165) is 17.2 Å². The molecule has 126 valence electrons. The highest BCUT2D eigenvalue weighted by Gasteiger charge is 2.39. The molecule has 4 heterocycles. The highest BCUT2D eigenvalue weighted by Crippen LogP contribution is 2.38. The molecule has 25 heavy (non-hydrogen) atoms. The fourth-order valence-corrected chi connectivity index (χ4v) is 3.54. The molecular formula is C18H16ClN5S. The van der Waals surface area contributed by atoms with Gasteiger partial charge in [-0.05, 0) is 48.6 Å². The van der Waals surface area contributed by atoms with Gasteiger partial charge in [0, 0.05) is 31.3 Å². The number of hydrogen-bond donors (Lipinski definition) is 1. The van der Waals surface area contributed by atoms with E-state index >= 15 is 0 Å². The van der Waals surface area contributed by atoms with E-state index in [1.165, 1.54) is 0 Å². The Morgan fingerprint density at radius 3 is 2.72 bits per heavy atom. The van der Waals surface area contributed by atoms with Crippen LogP contribution < -0.4 is 5.32 Å². The first kappa shape index (κ1) is 16.1. The number of rotatable bonds is 3. The summed E-state index contributed by atoms with van der Waals surface area (Å²) in [5, 5.41) is 4.71. The van der Waals surface area contributed by atoms with Crippen molar-refractivity contribution in [1.29, 1.82) is 0 Å². The lowest BCUT2D eigenvalue weighted by atomic mass is 10.0. The Hall–Kier alpha value is -2.44. The van der Waals surface area contributed by atoms with E-state index < -0.39 is 0 Å². The predicted octanol–water partition coefficient (Wildman–Crippen LogP) is 3.52. The molecular weight excluding hydrogens is 354 g/mol. The fraction of sp³-hybridized carbons (Fsp3) is 0.167. The maximum Gasteiger partial charge on any atom is 0.169 e. The largest absolute Gasteiger partial charge is 0.352 e. The van der Waals surface area contributed by atoms with Crippen molar-refractivity contribution >= 4 is 28.9 Å². The minimum absolute atomic E-state index is 0.00915. The van der Waals surface area contributed by atoms with Crippen LogP contribution in [0.3, 0.4) is 0 Å². The van der Waals surface area contributed by atoms with Gasteiger partial charge >= 0.3 is 0 Å². The Labute approximate surface area is 156 Å². The molecule has 1 aliphatic rings. The Morgan fingerprint density at radius 2 is 2.00 bits per heavy atom. The van der Waals surface area contributed by atoms with Crippen LogP contribution in [0.2, 0.25) is 5.02 Å². The van der Waals surface area contributed by atoms with Crippen molar-refractivity contribution in [1.82, 2.24) is 24.8 Å². The first-order chi connectivity index (χ1) is 12.1. The Balaban J connectivity index is 1.78. The topological polar surface area (TPSA) is 46.0 Å². The average molecular weight is 370 g/mol. The van der Waals surface area contributed by atoms with Crippen LogP contribution in [-0.2, 0) is 0 Å². The zero-order chi connectivity index (χ0) is 17.4. The standard InChI is InChI=1S/C18H16ClN5S/c1-23-17(16(22-18(23)25)13-5-2-3-9-20-13)14-6-4-10-24(14)15-8-7-12(19)11-21-15/h2-11,16-17H,1H3,(H,22,25)/t16-,17+/m0/s1. The molecule has 0 saturated carbocycles. The van der Waals surface area contributed by atoms with E-state index in [-0.39, 0.29) is 12.1 Å². The number of thiocarbonyl (C=S) groups is 1. The van der Waals surface area contributed by atoms with Crippen LogP contribution in [0.5, 0.6) is 0 Å². The van der Waals surface area contributed by atoms with Crippen LogP contribution >= 0.6 is 23.8 Å². The number of pyridine rings is 2. The quantitative estimate of drug-likeness (QED) is 0.716. The molecule has 0 unspecified atom stereocenters. The van der Waals surface area contributed by atoms with Crippen LogP contribution in [0.25, 0.3) is 5.82 Å². The summed E-state index contributed by atoms with van der Waals surface area (Å²) in [5.74, 6) is 0.815. The van der Waals surface area contributed by atoms with Gasteiger partial charge in [0.25, 0.3) is 0 Å². The molecule has 0 radical (unpaired) electrons. The summed E-state index contributed by atoms with van der Waals surface area (Å²) in [7, 11) is 2.00. The van der Waals surface area contributed by atoms with Crippen molar-refractivity contribution in [3.8, 4) is 5.82 Å². The van der Waals surface area contributed by atoms with Gasteiger partial charge in [0.2, 0.25) is 0 Å². The van der Waals surface area contributed by atoms with E-state index in [0.29, 0.717) is 10.1 Å². The van der Waals surface area contributed by atoms with E-state index in [1.807, 2.05) is 49.6 Å². The van der Waals surface area contributed by atoms with Gasteiger partial charge in [-0.15, -0.1) is 0 Å². The number of aromatic nitrogens is 3. The lowest BCUT2D eigenvalue weighted by molar-refractivity contribution is 0.356. The molecule has 3 aromatic rings. The molecule has 0 spiro atoms. The van der Waals surface area contributed by atoms with Crippen molar-refractivity contribution in [3.05, 3.63) is 77.5 Å². The summed E-state index contributed by atoms with van der Waals surface area (Å²) in [6.45, 7) is 0. The Bertz CT molecular complexity index is 893. The fourth-order valence-electron chi connectivity index (χ4n) is 3.18. The van der Waals surface area contributed by atoms with E-state index in [9.17, 15) is 0 Å². The molecule has 0 amide bonds. The van der Waals surface area contributed by atoms with Crippen LogP contribution in [-0.4, -0.2) is 31.6 Å². The molecule has 0 bridgehead atoms. The highest BCUT2D eigenvalue weighted by molar-refractivity contribution is 7.80. The third kappa shape index (κ3) is 2.88.